The minimum atomic E-state index is -0.381. The van der Waals surface area contributed by atoms with Gasteiger partial charge in [-0.05, 0) is 39.0 Å². The lowest BCUT2D eigenvalue weighted by Crippen LogP contribution is -2.24. The van der Waals surface area contributed by atoms with Gasteiger partial charge < -0.3 is 14.9 Å². The molecule has 18 heavy (non-hydrogen) atoms. The third-order valence-corrected chi connectivity index (χ3v) is 2.54. The van der Waals surface area contributed by atoms with Crippen LogP contribution < -0.4 is 11.5 Å². The number of nitrogen functional groups attached to an aromatic ring is 1. The summed E-state index contributed by atoms with van der Waals surface area (Å²) in [5, 5.41) is 0. The van der Waals surface area contributed by atoms with Gasteiger partial charge in [0.15, 0.2) is 5.58 Å². The second-order valence-electron chi connectivity index (χ2n) is 5.21. The molecule has 0 aliphatic carbocycles. The fraction of sp³-hybridized carbons (Fsp3) is 0.462. The van der Waals surface area contributed by atoms with Crippen molar-refractivity contribution in [3.63, 3.8) is 0 Å². The Balaban J connectivity index is 2.25. The maximum atomic E-state index is 11.7. The molecule has 0 atom stereocenters. The number of aromatic nitrogens is 1. The highest BCUT2D eigenvalue weighted by Gasteiger charge is 2.12. The molecule has 0 radical (unpaired) electrons. The average molecular weight is 250 g/mol. The van der Waals surface area contributed by atoms with Gasteiger partial charge in [0.25, 0.3) is 0 Å². The van der Waals surface area contributed by atoms with Crippen molar-refractivity contribution < 1.29 is 9.15 Å². The van der Waals surface area contributed by atoms with E-state index in [2.05, 4.69) is 0 Å². The molecule has 5 nitrogen and oxygen atoms in total. The molecular formula is C13H18N2O3. The molecule has 1 aromatic heterocycles. The van der Waals surface area contributed by atoms with Crippen molar-refractivity contribution in [2.75, 3.05) is 12.3 Å². The second kappa shape index (κ2) is 4.49. The number of rotatable bonds is 3. The molecule has 98 valence electrons. The number of oxazole rings is 1. The molecule has 0 bridgehead atoms. The van der Waals surface area contributed by atoms with Gasteiger partial charge >= 0.3 is 5.76 Å². The van der Waals surface area contributed by atoms with Crippen molar-refractivity contribution in [3.05, 3.63) is 28.7 Å². The maximum Gasteiger partial charge on any atom is 0.420 e. The first-order chi connectivity index (χ1) is 8.37. The van der Waals surface area contributed by atoms with E-state index in [4.69, 9.17) is 14.9 Å². The molecular weight excluding hydrogens is 232 g/mol. The molecule has 0 aliphatic rings. The van der Waals surface area contributed by atoms with E-state index >= 15 is 0 Å². The zero-order chi connectivity index (χ0) is 13.3. The van der Waals surface area contributed by atoms with E-state index in [1.54, 1.807) is 18.2 Å². The molecule has 0 aliphatic heterocycles. The van der Waals surface area contributed by atoms with E-state index in [0.717, 1.165) is 0 Å². The van der Waals surface area contributed by atoms with Gasteiger partial charge in [0.1, 0.15) is 0 Å². The van der Waals surface area contributed by atoms with Crippen molar-refractivity contribution in [2.24, 2.45) is 0 Å². The van der Waals surface area contributed by atoms with Crippen LogP contribution in [-0.4, -0.2) is 16.8 Å². The standard InChI is InChI=1S/C13H18N2O3/c1-13(2,3)17-7-6-15-10-8-9(14)4-5-11(10)18-12(15)16/h4-5,8H,6-7,14H2,1-3H3. The van der Waals surface area contributed by atoms with E-state index in [-0.39, 0.29) is 11.4 Å². The van der Waals surface area contributed by atoms with Crippen LogP contribution in [0, 0.1) is 0 Å². The largest absolute Gasteiger partial charge is 0.420 e. The number of fused-ring (bicyclic) bond motifs is 1. The molecule has 2 rings (SSSR count). The molecule has 2 N–H and O–H groups in total. The maximum absolute atomic E-state index is 11.7. The number of benzene rings is 1. The van der Waals surface area contributed by atoms with Crippen molar-refractivity contribution >= 4 is 16.8 Å². The first-order valence-corrected chi connectivity index (χ1v) is 5.90. The van der Waals surface area contributed by atoms with Crippen LogP contribution in [-0.2, 0) is 11.3 Å². The van der Waals surface area contributed by atoms with Gasteiger partial charge in [0.05, 0.1) is 24.3 Å². The molecule has 2 aromatic rings. The van der Waals surface area contributed by atoms with Crippen LogP contribution in [0.4, 0.5) is 5.69 Å². The van der Waals surface area contributed by atoms with E-state index < -0.39 is 0 Å². The summed E-state index contributed by atoms with van der Waals surface area (Å²) in [4.78, 5) is 11.7. The van der Waals surface area contributed by atoms with Gasteiger partial charge in [-0.3, -0.25) is 4.57 Å². The molecule has 0 unspecified atom stereocenters. The molecule has 0 fully saturated rings. The molecule has 5 heteroatoms. The predicted molar refractivity (Wildman–Crippen MR) is 70.6 cm³/mol. The van der Waals surface area contributed by atoms with Crippen molar-refractivity contribution in [1.82, 2.24) is 4.57 Å². The summed E-state index contributed by atoms with van der Waals surface area (Å²) in [5.41, 5.74) is 7.35. The second-order valence-corrected chi connectivity index (χ2v) is 5.21. The zero-order valence-corrected chi connectivity index (χ0v) is 10.9. The smallest absolute Gasteiger partial charge is 0.408 e. The fourth-order valence-electron chi connectivity index (χ4n) is 1.73. The normalized spacial score (nSPS) is 12.2. The molecule has 0 amide bonds. The number of hydrogen-bond donors (Lipinski definition) is 1. The summed E-state index contributed by atoms with van der Waals surface area (Å²) in [7, 11) is 0. The van der Waals surface area contributed by atoms with Gasteiger partial charge in [-0.2, -0.15) is 0 Å². The van der Waals surface area contributed by atoms with Crippen LogP contribution in [0.1, 0.15) is 20.8 Å². The van der Waals surface area contributed by atoms with Crippen LogP contribution in [0.15, 0.2) is 27.4 Å². The van der Waals surface area contributed by atoms with E-state index in [1.165, 1.54) is 4.57 Å². The third kappa shape index (κ3) is 2.73. The van der Waals surface area contributed by atoms with E-state index in [1.807, 2.05) is 20.8 Å². The number of nitrogens with two attached hydrogens (primary N) is 1. The summed E-state index contributed by atoms with van der Waals surface area (Å²) in [5.74, 6) is -0.381. The van der Waals surface area contributed by atoms with Gasteiger partial charge in [-0.15, -0.1) is 0 Å². The highest BCUT2D eigenvalue weighted by atomic mass is 16.5. The first-order valence-electron chi connectivity index (χ1n) is 5.90. The molecule has 0 saturated heterocycles. The zero-order valence-electron chi connectivity index (χ0n) is 10.9. The molecule has 0 saturated carbocycles. The summed E-state index contributed by atoms with van der Waals surface area (Å²) in [6.07, 6.45) is 0. The SMILES string of the molecule is CC(C)(C)OCCn1c(=O)oc2ccc(N)cc21. The third-order valence-electron chi connectivity index (χ3n) is 2.54. The van der Waals surface area contributed by atoms with Crippen LogP contribution >= 0.6 is 0 Å². The Labute approximate surface area is 105 Å². The van der Waals surface area contributed by atoms with Gasteiger partial charge in [0, 0.05) is 5.69 Å². The van der Waals surface area contributed by atoms with Crippen LogP contribution in [0.25, 0.3) is 11.1 Å². The lowest BCUT2D eigenvalue weighted by molar-refractivity contribution is -0.00704. The number of ether oxygens (including phenoxy) is 1. The van der Waals surface area contributed by atoms with Crippen molar-refractivity contribution in [3.8, 4) is 0 Å². The number of hydrogen-bond acceptors (Lipinski definition) is 4. The quantitative estimate of drug-likeness (QED) is 0.846. The predicted octanol–water partition coefficient (Wildman–Crippen LogP) is 1.99. The lowest BCUT2D eigenvalue weighted by atomic mass is 10.2. The Bertz CT molecular complexity index is 605. The Morgan fingerprint density at radius 2 is 2.11 bits per heavy atom. The monoisotopic (exact) mass is 250 g/mol. The average Bonchev–Trinajstić information content (AvgIpc) is 2.54. The number of nitrogens with zero attached hydrogens (tertiary/aromatic N) is 1. The van der Waals surface area contributed by atoms with Gasteiger partial charge in [-0.25, -0.2) is 4.79 Å². The molecule has 0 spiro atoms. The fourth-order valence-corrected chi connectivity index (χ4v) is 1.73. The number of anilines is 1. The van der Waals surface area contributed by atoms with Crippen LogP contribution in [0.2, 0.25) is 0 Å². The van der Waals surface area contributed by atoms with Gasteiger partial charge in [0.2, 0.25) is 0 Å². The van der Waals surface area contributed by atoms with Crippen LogP contribution in [0.5, 0.6) is 0 Å². The Morgan fingerprint density at radius 1 is 1.39 bits per heavy atom. The summed E-state index contributed by atoms with van der Waals surface area (Å²) < 4.78 is 12.3. The summed E-state index contributed by atoms with van der Waals surface area (Å²) in [6, 6.07) is 5.14. The highest BCUT2D eigenvalue weighted by Crippen LogP contribution is 2.16. The minimum absolute atomic E-state index is 0.220. The lowest BCUT2D eigenvalue weighted by Gasteiger charge is -2.19. The van der Waals surface area contributed by atoms with E-state index in [9.17, 15) is 4.79 Å². The minimum Gasteiger partial charge on any atom is -0.408 e. The summed E-state index contributed by atoms with van der Waals surface area (Å²) in [6.45, 7) is 6.82. The van der Waals surface area contributed by atoms with Crippen molar-refractivity contribution in [1.29, 1.82) is 0 Å². The van der Waals surface area contributed by atoms with Crippen molar-refractivity contribution in [2.45, 2.75) is 32.9 Å². The van der Waals surface area contributed by atoms with Crippen LogP contribution in [0.3, 0.4) is 0 Å². The Kier molecular flexibility index (Phi) is 3.17. The molecule has 1 aromatic carbocycles. The molecule has 1 heterocycles. The Hall–Kier alpha value is -1.75. The van der Waals surface area contributed by atoms with Gasteiger partial charge in [-0.1, -0.05) is 0 Å². The Morgan fingerprint density at radius 3 is 2.78 bits per heavy atom. The van der Waals surface area contributed by atoms with E-state index in [0.29, 0.717) is 29.9 Å². The summed E-state index contributed by atoms with van der Waals surface area (Å²) >= 11 is 0. The topological polar surface area (TPSA) is 70.4 Å². The first kappa shape index (κ1) is 12.7. The highest BCUT2D eigenvalue weighted by molar-refractivity contribution is 5.76.